The number of hydrogen-bond acceptors (Lipinski definition) is 5. The van der Waals surface area contributed by atoms with Gasteiger partial charge in [-0.15, -0.1) is 0 Å². The van der Waals surface area contributed by atoms with Crippen molar-refractivity contribution in [2.24, 2.45) is 5.92 Å². The summed E-state index contributed by atoms with van der Waals surface area (Å²) in [5, 5.41) is 3.02. The monoisotopic (exact) mass is 443 g/mol. The first-order valence-electron chi connectivity index (χ1n) is 12.8. The summed E-state index contributed by atoms with van der Waals surface area (Å²) in [5.41, 5.74) is 0.523. The Morgan fingerprint density at radius 1 is 0.938 bits per heavy atom. The Labute approximate surface area is 191 Å². The number of nitrogens with zero attached hydrogens (tertiary/aromatic N) is 4. The van der Waals surface area contributed by atoms with Gasteiger partial charge in [-0.1, -0.05) is 6.07 Å². The summed E-state index contributed by atoms with van der Waals surface area (Å²) in [6, 6.07) is 6.58. The lowest BCUT2D eigenvalue weighted by Gasteiger charge is -2.40. The lowest BCUT2D eigenvalue weighted by Crippen LogP contribution is -2.50. The number of hydrogen-bond donors (Lipinski definition) is 1. The Hall–Kier alpha value is -1.73. The molecule has 6 nitrogen and oxygen atoms in total. The van der Waals surface area contributed by atoms with Crippen molar-refractivity contribution in [1.29, 1.82) is 0 Å². The maximum absolute atomic E-state index is 14.2. The molecule has 4 aliphatic rings. The minimum atomic E-state index is -0.614. The molecule has 7 heteroatoms. The molecule has 4 fully saturated rings. The van der Waals surface area contributed by atoms with Crippen molar-refractivity contribution in [3.05, 3.63) is 23.9 Å². The molecule has 3 heterocycles. The Morgan fingerprint density at radius 3 is 2.53 bits per heavy atom. The fourth-order valence-corrected chi connectivity index (χ4v) is 5.80. The van der Waals surface area contributed by atoms with Gasteiger partial charge < -0.3 is 10.2 Å². The van der Waals surface area contributed by atoms with E-state index in [0.717, 1.165) is 90.2 Å². The van der Waals surface area contributed by atoms with Crippen LogP contribution in [-0.4, -0.2) is 84.8 Å². The third-order valence-corrected chi connectivity index (χ3v) is 7.95. The van der Waals surface area contributed by atoms with Gasteiger partial charge in [-0.3, -0.25) is 14.6 Å². The van der Waals surface area contributed by atoms with Gasteiger partial charge in [-0.25, -0.2) is 9.37 Å². The third-order valence-electron chi connectivity index (χ3n) is 7.95. The van der Waals surface area contributed by atoms with Crippen LogP contribution in [0.4, 0.5) is 10.2 Å². The Kier molecular flexibility index (Phi) is 6.93. The van der Waals surface area contributed by atoms with Crippen molar-refractivity contribution in [2.45, 2.75) is 69.6 Å². The number of amides is 1. The molecule has 2 unspecified atom stereocenters. The number of piperidine rings is 1. The maximum Gasteiger partial charge on any atom is 0.269 e. The number of anilines is 1. The summed E-state index contributed by atoms with van der Waals surface area (Å²) in [5.74, 6) is 1.53. The number of carbonyl (C=O) groups excluding carboxylic acids is 1. The van der Waals surface area contributed by atoms with Crippen molar-refractivity contribution in [1.82, 2.24) is 20.1 Å². The second kappa shape index (κ2) is 10.0. The molecular weight excluding hydrogens is 405 g/mol. The Bertz CT molecular complexity index is 779. The van der Waals surface area contributed by atoms with Gasteiger partial charge in [0.2, 0.25) is 0 Å². The van der Waals surface area contributed by atoms with Gasteiger partial charge in [0, 0.05) is 57.9 Å². The van der Waals surface area contributed by atoms with Gasteiger partial charge in [0.05, 0.1) is 0 Å². The Balaban J connectivity index is 1.13. The second-order valence-electron chi connectivity index (χ2n) is 10.2. The lowest BCUT2D eigenvalue weighted by atomic mass is 10.0. The molecule has 0 radical (unpaired) electrons. The molecule has 2 aliphatic carbocycles. The SMILES string of the molecule is O=C(NCC1CC1)c1cccc(N2CCCN(C3CCN(C4CCCC4F)CC3)CC2)n1. The number of carbonyl (C=O) groups is 1. The topological polar surface area (TPSA) is 51.7 Å². The molecule has 2 atom stereocenters. The predicted molar refractivity (Wildman–Crippen MR) is 125 cm³/mol. The van der Waals surface area contributed by atoms with Gasteiger partial charge in [-0.05, 0) is 69.4 Å². The third kappa shape index (κ3) is 5.25. The molecular formula is C25H38FN5O. The molecule has 32 heavy (non-hydrogen) atoms. The molecule has 0 aromatic carbocycles. The molecule has 1 amide bonds. The first-order chi connectivity index (χ1) is 15.7. The summed E-state index contributed by atoms with van der Waals surface area (Å²) < 4.78 is 14.2. The van der Waals surface area contributed by atoms with Gasteiger partial charge >= 0.3 is 0 Å². The van der Waals surface area contributed by atoms with E-state index in [1.165, 1.54) is 12.8 Å². The smallest absolute Gasteiger partial charge is 0.269 e. The zero-order valence-electron chi connectivity index (χ0n) is 19.2. The maximum atomic E-state index is 14.2. The summed E-state index contributed by atoms with van der Waals surface area (Å²) in [7, 11) is 0. The van der Waals surface area contributed by atoms with E-state index in [-0.39, 0.29) is 11.9 Å². The molecule has 5 rings (SSSR count). The van der Waals surface area contributed by atoms with Crippen LogP contribution < -0.4 is 10.2 Å². The van der Waals surface area contributed by atoms with Crippen LogP contribution in [0.1, 0.15) is 61.9 Å². The van der Waals surface area contributed by atoms with Crippen molar-refractivity contribution in [3.63, 3.8) is 0 Å². The van der Waals surface area contributed by atoms with Crippen LogP contribution in [0.15, 0.2) is 18.2 Å². The molecule has 0 spiro atoms. The quantitative estimate of drug-likeness (QED) is 0.732. The number of likely N-dealkylation sites (tertiary alicyclic amines) is 1. The molecule has 2 aliphatic heterocycles. The van der Waals surface area contributed by atoms with Crippen molar-refractivity contribution in [3.8, 4) is 0 Å². The highest BCUT2D eigenvalue weighted by Gasteiger charge is 2.35. The number of alkyl halides is 1. The summed E-state index contributed by atoms with van der Waals surface area (Å²) >= 11 is 0. The number of nitrogens with one attached hydrogen (secondary N) is 1. The van der Waals surface area contributed by atoms with Crippen LogP contribution in [0.3, 0.4) is 0 Å². The summed E-state index contributed by atoms with van der Waals surface area (Å²) in [6.45, 7) is 6.90. The largest absolute Gasteiger partial charge is 0.355 e. The minimum absolute atomic E-state index is 0.0558. The number of aromatic nitrogens is 1. The number of rotatable bonds is 6. The van der Waals surface area contributed by atoms with E-state index in [4.69, 9.17) is 0 Å². The predicted octanol–water partition coefficient (Wildman–Crippen LogP) is 3.09. The van der Waals surface area contributed by atoms with E-state index in [9.17, 15) is 9.18 Å². The fourth-order valence-electron chi connectivity index (χ4n) is 5.80. The van der Waals surface area contributed by atoms with E-state index in [1.54, 1.807) is 0 Å². The zero-order chi connectivity index (χ0) is 21.9. The molecule has 176 valence electrons. The highest BCUT2D eigenvalue weighted by atomic mass is 19.1. The van der Waals surface area contributed by atoms with Crippen LogP contribution in [0.5, 0.6) is 0 Å². The normalized spacial score (nSPS) is 28.6. The molecule has 1 aromatic heterocycles. The van der Waals surface area contributed by atoms with Crippen LogP contribution in [0.25, 0.3) is 0 Å². The van der Waals surface area contributed by atoms with E-state index in [0.29, 0.717) is 17.7 Å². The summed E-state index contributed by atoms with van der Waals surface area (Å²) in [6.07, 6.45) is 8.09. The number of halogens is 1. The lowest BCUT2D eigenvalue weighted by molar-refractivity contribution is 0.0642. The van der Waals surface area contributed by atoms with Gasteiger partial charge in [0.1, 0.15) is 17.7 Å². The average molecular weight is 444 g/mol. The van der Waals surface area contributed by atoms with Gasteiger partial charge in [0.15, 0.2) is 0 Å². The standard InChI is InChI=1S/C25H38FN5O/c26-21-4-1-6-23(21)30-14-10-20(11-15-30)29-12-3-13-31(17-16-29)24-7-2-5-22(28-24)25(32)27-18-19-8-9-19/h2,5,7,19-21,23H,1,3-4,6,8-18H2,(H,27,32). The van der Waals surface area contributed by atoms with Gasteiger partial charge in [-0.2, -0.15) is 0 Å². The first kappa shape index (κ1) is 22.1. The zero-order valence-corrected chi connectivity index (χ0v) is 19.2. The van der Waals surface area contributed by atoms with Crippen molar-refractivity contribution < 1.29 is 9.18 Å². The molecule has 2 saturated carbocycles. The highest BCUT2D eigenvalue weighted by molar-refractivity contribution is 5.92. The van der Waals surface area contributed by atoms with E-state index in [2.05, 4.69) is 25.0 Å². The second-order valence-corrected chi connectivity index (χ2v) is 10.2. The van der Waals surface area contributed by atoms with Gasteiger partial charge in [0.25, 0.3) is 5.91 Å². The summed E-state index contributed by atoms with van der Waals surface area (Å²) in [4.78, 5) is 24.5. The van der Waals surface area contributed by atoms with Crippen LogP contribution >= 0.6 is 0 Å². The molecule has 2 saturated heterocycles. The molecule has 1 N–H and O–H groups in total. The van der Waals surface area contributed by atoms with E-state index >= 15 is 0 Å². The molecule has 1 aromatic rings. The highest BCUT2D eigenvalue weighted by Crippen LogP contribution is 2.30. The fraction of sp³-hybridized carbons (Fsp3) is 0.760. The van der Waals surface area contributed by atoms with E-state index < -0.39 is 6.17 Å². The van der Waals surface area contributed by atoms with Crippen LogP contribution in [-0.2, 0) is 0 Å². The van der Waals surface area contributed by atoms with Crippen LogP contribution in [0, 0.1) is 5.92 Å². The first-order valence-corrected chi connectivity index (χ1v) is 12.8. The minimum Gasteiger partial charge on any atom is -0.355 e. The Morgan fingerprint density at radius 2 is 1.78 bits per heavy atom. The van der Waals surface area contributed by atoms with E-state index in [1.807, 2.05) is 18.2 Å². The van der Waals surface area contributed by atoms with Crippen molar-refractivity contribution in [2.75, 3.05) is 50.7 Å². The molecule has 0 bridgehead atoms. The van der Waals surface area contributed by atoms with Crippen molar-refractivity contribution >= 4 is 11.7 Å². The number of pyridine rings is 1. The van der Waals surface area contributed by atoms with Crippen LogP contribution in [0.2, 0.25) is 0 Å². The average Bonchev–Trinajstić information content (AvgIpc) is 3.61.